The van der Waals surface area contributed by atoms with Crippen LogP contribution in [0.5, 0.6) is 5.75 Å². The lowest BCUT2D eigenvalue weighted by Gasteiger charge is -2.07. The maximum atomic E-state index is 12.8. The van der Waals surface area contributed by atoms with Crippen molar-refractivity contribution < 1.29 is 9.53 Å². The number of rotatable bonds is 4. The highest BCUT2D eigenvalue weighted by molar-refractivity contribution is 9.10. The van der Waals surface area contributed by atoms with E-state index in [0.717, 1.165) is 37.3 Å². The number of methoxy groups -OCH3 is 1. The van der Waals surface area contributed by atoms with Gasteiger partial charge in [-0.1, -0.05) is 18.2 Å². The minimum Gasteiger partial charge on any atom is -0.497 e. The molecular formula is C22H18BrN3O2S. The van der Waals surface area contributed by atoms with E-state index < -0.39 is 0 Å². The number of pyridine rings is 1. The molecule has 1 amide bonds. The Morgan fingerprint density at radius 2 is 2.00 bits per heavy atom. The standard InChI is InChI=1S/C22H18BrN3O2S/c1-12-6-8-18(16(23)10-12)25-21(27)20-19(24)15-7-9-17(26-22(15)29-20)13-4-3-5-14(11-13)28-2/h3-11H,24H2,1-2H3,(H,25,27). The quantitative estimate of drug-likeness (QED) is 0.392. The molecule has 29 heavy (non-hydrogen) atoms. The van der Waals surface area contributed by atoms with Crippen molar-refractivity contribution in [2.75, 3.05) is 18.2 Å². The van der Waals surface area contributed by atoms with E-state index in [2.05, 4.69) is 21.2 Å². The van der Waals surface area contributed by atoms with Gasteiger partial charge in [0.15, 0.2) is 0 Å². The molecule has 5 nitrogen and oxygen atoms in total. The van der Waals surface area contributed by atoms with Crippen molar-refractivity contribution in [3.63, 3.8) is 0 Å². The molecule has 2 aromatic carbocycles. The number of benzene rings is 2. The minimum absolute atomic E-state index is 0.252. The predicted molar refractivity (Wildman–Crippen MR) is 123 cm³/mol. The average molecular weight is 468 g/mol. The summed E-state index contributed by atoms with van der Waals surface area (Å²) in [6.07, 6.45) is 0. The van der Waals surface area contributed by atoms with E-state index in [-0.39, 0.29) is 5.91 Å². The molecule has 0 aliphatic carbocycles. The molecular weight excluding hydrogens is 450 g/mol. The number of carbonyl (C=O) groups excluding carboxylic acids is 1. The van der Waals surface area contributed by atoms with Crippen molar-refractivity contribution in [3.05, 3.63) is 69.5 Å². The van der Waals surface area contributed by atoms with E-state index in [1.807, 2.05) is 61.5 Å². The molecule has 2 heterocycles. The monoisotopic (exact) mass is 467 g/mol. The molecule has 0 unspecified atom stereocenters. The Morgan fingerprint density at radius 1 is 1.17 bits per heavy atom. The third-order valence-corrected chi connectivity index (χ3v) is 6.31. The smallest absolute Gasteiger partial charge is 0.267 e. The lowest BCUT2D eigenvalue weighted by molar-refractivity contribution is 0.103. The number of amides is 1. The van der Waals surface area contributed by atoms with Crippen LogP contribution >= 0.6 is 27.3 Å². The second-order valence-corrected chi connectivity index (χ2v) is 8.42. The lowest BCUT2D eigenvalue weighted by Crippen LogP contribution is -2.12. The lowest BCUT2D eigenvalue weighted by atomic mass is 10.1. The molecule has 7 heteroatoms. The summed E-state index contributed by atoms with van der Waals surface area (Å²) in [4.78, 5) is 18.7. The number of aromatic nitrogens is 1. The molecule has 3 N–H and O–H groups in total. The number of anilines is 2. The highest BCUT2D eigenvalue weighted by atomic mass is 79.9. The van der Waals surface area contributed by atoms with Crippen LogP contribution in [-0.2, 0) is 0 Å². The summed E-state index contributed by atoms with van der Waals surface area (Å²) in [7, 11) is 1.63. The van der Waals surface area contributed by atoms with Gasteiger partial charge in [-0.3, -0.25) is 4.79 Å². The third-order valence-electron chi connectivity index (χ3n) is 4.54. The van der Waals surface area contributed by atoms with Gasteiger partial charge in [-0.2, -0.15) is 0 Å². The second kappa shape index (κ2) is 7.85. The maximum absolute atomic E-state index is 12.8. The number of ether oxygens (including phenoxy) is 1. The second-order valence-electron chi connectivity index (χ2n) is 6.56. The Bertz CT molecular complexity index is 1240. The van der Waals surface area contributed by atoms with Crippen molar-refractivity contribution in [2.45, 2.75) is 6.92 Å². The van der Waals surface area contributed by atoms with Crippen molar-refractivity contribution in [3.8, 4) is 17.0 Å². The Hall–Kier alpha value is -2.90. The zero-order valence-corrected chi connectivity index (χ0v) is 18.2. The number of thiophene rings is 1. The molecule has 4 rings (SSSR count). The van der Waals surface area contributed by atoms with Gasteiger partial charge in [0.25, 0.3) is 5.91 Å². The van der Waals surface area contributed by atoms with Crippen molar-refractivity contribution in [1.82, 2.24) is 4.98 Å². The zero-order chi connectivity index (χ0) is 20.5. The molecule has 0 spiro atoms. The van der Waals surface area contributed by atoms with E-state index in [4.69, 9.17) is 15.5 Å². The Balaban J connectivity index is 1.68. The van der Waals surface area contributed by atoms with E-state index in [1.165, 1.54) is 11.3 Å². The molecule has 4 aromatic rings. The van der Waals surface area contributed by atoms with Crippen LogP contribution in [0, 0.1) is 6.92 Å². The first-order valence-corrected chi connectivity index (χ1v) is 10.5. The number of fused-ring (bicyclic) bond motifs is 1. The van der Waals surface area contributed by atoms with Gasteiger partial charge in [-0.05, 0) is 64.8 Å². The van der Waals surface area contributed by atoms with Crippen LogP contribution in [0.15, 0.2) is 59.1 Å². The molecule has 2 aromatic heterocycles. The van der Waals surface area contributed by atoms with Crippen LogP contribution in [0.1, 0.15) is 15.2 Å². The number of hydrogen-bond acceptors (Lipinski definition) is 5. The van der Waals surface area contributed by atoms with Gasteiger partial charge in [0.2, 0.25) is 0 Å². The van der Waals surface area contributed by atoms with Gasteiger partial charge in [-0.15, -0.1) is 11.3 Å². The number of aryl methyl sites for hydroxylation is 1. The van der Waals surface area contributed by atoms with Crippen LogP contribution < -0.4 is 15.8 Å². The van der Waals surface area contributed by atoms with Gasteiger partial charge in [0.05, 0.1) is 24.2 Å². The normalized spacial score (nSPS) is 10.9. The van der Waals surface area contributed by atoms with Crippen LogP contribution in [0.2, 0.25) is 0 Å². The minimum atomic E-state index is -0.252. The van der Waals surface area contributed by atoms with Gasteiger partial charge >= 0.3 is 0 Å². The first-order valence-electron chi connectivity index (χ1n) is 8.87. The Labute approximate surface area is 180 Å². The van der Waals surface area contributed by atoms with Crippen LogP contribution in [0.25, 0.3) is 21.5 Å². The Kier molecular flexibility index (Phi) is 5.25. The predicted octanol–water partition coefficient (Wildman–Crippen LogP) is 5.88. The molecule has 0 fully saturated rings. The number of halogens is 1. The molecule has 0 bridgehead atoms. The van der Waals surface area contributed by atoms with Crippen molar-refractivity contribution >= 4 is 54.8 Å². The average Bonchev–Trinajstić information content (AvgIpc) is 3.06. The van der Waals surface area contributed by atoms with E-state index in [9.17, 15) is 4.79 Å². The SMILES string of the molecule is COc1cccc(-c2ccc3c(N)c(C(=O)Nc4ccc(C)cc4Br)sc3n2)c1. The van der Waals surface area contributed by atoms with Crippen LogP contribution in [0.4, 0.5) is 11.4 Å². The van der Waals surface area contributed by atoms with Gasteiger partial charge in [0, 0.05) is 15.4 Å². The number of nitrogens with one attached hydrogen (secondary N) is 1. The van der Waals surface area contributed by atoms with Gasteiger partial charge in [0.1, 0.15) is 15.5 Å². The number of carbonyl (C=O) groups is 1. The molecule has 0 radical (unpaired) electrons. The summed E-state index contributed by atoms with van der Waals surface area (Å²) in [5, 5.41) is 3.69. The number of nitrogen functional groups attached to an aromatic ring is 1. The molecule has 0 aliphatic rings. The highest BCUT2D eigenvalue weighted by Gasteiger charge is 2.19. The van der Waals surface area contributed by atoms with Crippen LogP contribution in [-0.4, -0.2) is 18.0 Å². The molecule has 0 atom stereocenters. The van der Waals surface area contributed by atoms with E-state index >= 15 is 0 Å². The van der Waals surface area contributed by atoms with Gasteiger partial charge < -0.3 is 15.8 Å². The first kappa shape index (κ1) is 19.4. The number of nitrogens with zero attached hydrogens (tertiary/aromatic N) is 1. The summed E-state index contributed by atoms with van der Waals surface area (Å²) < 4.78 is 6.11. The Morgan fingerprint density at radius 3 is 2.76 bits per heavy atom. The van der Waals surface area contributed by atoms with Crippen molar-refractivity contribution in [1.29, 1.82) is 0 Å². The van der Waals surface area contributed by atoms with E-state index in [0.29, 0.717) is 16.3 Å². The van der Waals surface area contributed by atoms with Crippen LogP contribution in [0.3, 0.4) is 0 Å². The largest absolute Gasteiger partial charge is 0.497 e. The summed E-state index contributed by atoms with van der Waals surface area (Å²) in [6, 6.07) is 17.3. The number of nitrogens with two attached hydrogens (primary N) is 1. The van der Waals surface area contributed by atoms with Crippen molar-refractivity contribution in [2.24, 2.45) is 0 Å². The molecule has 0 saturated heterocycles. The zero-order valence-electron chi connectivity index (χ0n) is 15.8. The maximum Gasteiger partial charge on any atom is 0.267 e. The van der Waals surface area contributed by atoms with Gasteiger partial charge in [-0.25, -0.2) is 4.98 Å². The fraction of sp³-hybridized carbons (Fsp3) is 0.0909. The summed E-state index contributed by atoms with van der Waals surface area (Å²) in [5.41, 5.74) is 10.2. The number of hydrogen-bond donors (Lipinski definition) is 2. The topological polar surface area (TPSA) is 77.2 Å². The summed E-state index contributed by atoms with van der Waals surface area (Å²) >= 11 is 4.77. The first-order chi connectivity index (χ1) is 14.0. The molecule has 146 valence electrons. The highest BCUT2D eigenvalue weighted by Crippen LogP contribution is 2.35. The summed E-state index contributed by atoms with van der Waals surface area (Å²) in [6.45, 7) is 1.99. The van der Waals surface area contributed by atoms with E-state index in [1.54, 1.807) is 7.11 Å². The fourth-order valence-corrected chi connectivity index (χ4v) is 4.59. The third kappa shape index (κ3) is 3.83. The molecule has 0 saturated carbocycles. The molecule has 0 aliphatic heterocycles. The fourth-order valence-electron chi connectivity index (χ4n) is 3.01. The summed E-state index contributed by atoms with van der Waals surface area (Å²) in [5.74, 6) is 0.511.